The van der Waals surface area contributed by atoms with Crippen LogP contribution in [-0.2, 0) is 11.8 Å². The number of hydrogen-bond donors (Lipinski definition) is 0. The lowest BCUT2D eigenvalue weighted by Crippen LogP contribution is -2.25. The fourth-order valence-electron chi connectivity index (χ4n) is 7.68. The summed E-state index contributed by atoms with van der Waals surface area (Å²) < 4.78 is 0. The van der Waals surface area contributed by atoms with E-state index in [1.807, 2.05) is 0 Å². The Bertz CT molecular complexity index is 1510. The molecule has 0 atom stereocenters. The lowest BCUT2D eigenvalue weighted by atomic mass is 9.70. The first-order chi connectivity index (χ1) is 19.5. The molecule has 0 aromatic heterocycles. The Morgan fingerprint density at radius 3 is 1.65 bits per heavy atom. The van der Waals surface area contributed by atoms with Crippen molar-refractivity contribution in [2.45, 2.75) is 104 Å². The van der Waals surface area contributed by atoms with Gasteiger partial charge >= 0.3 is 0 Å². The minimum atomic E-state index is 0.138. The van der Waals surface area contributed by atoms with Crippen molar-refractivity contribution >= 4 is 0 Å². The summed E-state index contributed by atoms with van der Waals surface area (Å²) in [5, 5.41) is 0. The van der Waals surface area contributed by atoms with Gasteiger partial charge in [-0.1, -0.05) is 143 Å². The van der Waals surface area contributed by atoms with Gasteiger partial charge in [0.1, 0.15) is 0 Å². The Kier molecular flexibility index (Phi) is 7.71. The Hall–Kier alpha value is -3.12. The van der Waals surface area contributed by atoms with E-state index in [0.717, 1.165) is 6.42 Å². The Balaban J connectivity index is 1.42. The lowest BCUT2D eigenvalue weighted by Gasteiger charge is -2.33. The van der Waals surface area contributed by atoms with Crippen molar-refractivity contribution in [3.05, 3.63) is 106 Å². The minimum Gasteiger partial charge on any atom is -0.0654 e. The third kappa shape index (κ3) is 4.85. The van der Waals surface area contributed by atoms with Gasteiger partial charge < -0.3 is 0 Å². The van der Waals surface area contributed by atoms with Crippen LogP contribution in [0.3, 0.4) is 0 Å². The van der Waals surface area contributed by atoms with Crippen LogP contribution in [0.15, 0.2) is 72.8 Å². The van der Waals surface area contributed by atoms with Crippen LogP contribution in [0.1, 0.15) is 111 Å². The summed E-state index contributed by atoms with van der Waals surface area (Å²) in [5.41, 5.74) is 17.6. The predicted molar refractivity (Wildman–Crippen MR) is 173 cm³/mol. The molecule has 0 saturated carbocycles. The first kappa shape index (κ1) is 27.1. The number of rotatable bonds is 11. The fraction of sp³-hybridized carbons (Fsp3) is 0.400. The summed E-state index contributed by atoms with van der Waals surface area (Å²) in [7, 11) is 0. The maximum Gasteiger partial charge on any atom is 0.0215 e. The van der Waals surface area contributed by atoms with Crippen LogP contribution >= 0.6 is 0 Å². The zero-order chi connectivity index (χ0) is 27.7. The predicted octanol–water partition coefficient (Wildman–Crippen LogP) is 11.7. The molecule has 0 amide bonds. The van der Waals surface area contributed by atoms with Crippen LogP contribution in [0.4, 0.5) is 0 Å². The van der Waals surface area contributed by atoms with Gasteiger partial charge in [-0.25, -0.2) is 0 Å². The van der Waals surface area contributed by atoms with E-state index in [-0.39, 0.29) is 5.41 Å². The van der Waals surface area contributed by atoms with E-state index in [1.54, 1.807) is 11.1 Å². The third-order valence-electron chi connectivity index (χ3n) is 9.80. The largest absolute Gasteiger partial charge is 0.0654 e. The van der Waals surface area contributed by atoms with Gasteiger partial charge in [-0.05, 0) is 94.8 Å². The highest BCUT2D eigenvalue weighted by molar-refractivity contribution is 5.85. The van der Waals surface area contributed by atoms with E-state index in [9.17, 15) is 0 Å². The number of fused-ring (bicyclic) bond motifs is 6. The average molecular weight is 527 g/mol. The van der Waals surface area contributed by atoms with E-state index in [0.29, 0.717) is 0 Å². The van der Waals surface area contributed by atoms with Gasteiger partial charge in [-0.3, -0.25) is 0 Å². The molecule has 0 N–H and O–H groups in total. The average Bonchev–Trinajstić information content (AvgIpc) is 3.45. The molecule has 0 heterocycles. The Morgan fingerprint density at radius 1 is 0.500 bits per heavy atom. The smallest absolute Gasteiger partial charge is 0.0215 e. The zero-order valence-electron chi connectivity index (χ0n) is 25.2. The molecule has 0 radical (unpaired) electrons. The van der Waals surface area contributed by atoms with Gasteiger partial charge in [-0.15, -0.1) is 0 Å². The Labute approximate surface area is 242 Å². The van der Waals surface area contributed by atoms with Crippen LogP contribution in [0.5, 0.6) is 0 Å². The van der Waals surface area contributed by atoms with Gasteiger partial charge in [0.05, 0.1) is 0 Å². The quantitative estimate of drug-likeness (QED) is 0.150. The summed E-state index contributed by atoms with van der Waals surface area (Å²) in [6.45, 7) is 9.13. The highest BCUT2D eigenvalue weighted by Gasteiger charge is 2.42. The number of hydrogen-bond acceptors (Lipinski definition) is 0. The zero-order valence-corrected chi connectivity index (χ0v) is 25.2. The third-order valence-corrected chi connectivity index (χ3v) is 9.80. The van der Waals surface area contributed by atoms with Crippen LogP contribution in [0, 0.1) is 13.8 Å². The van der Waals surface area contributed by atoms with Gasteiger partial charge in [0.2, 0.25) is 0 Å². The van der Waals surface area contributed by atoms with Crippen molar-refractivity contribution in [1.82, 2.24) is 0 Å². The molecule has 0 saturated heterocycles. The van der Waals surface area contributed by atoms with Crippen LogP contribution in [0.2, 0.25) is 0 Å². The van der Waals surface area contributed by atoms with Gasteiger partial charge in [0.15, 0.2) is 0 Å². The molecule has 0 unspecified atom stereocenters. The van der Waals surface area contributed by atoms with Crippen molar-refractivity contribution in [3.63, 3.8) is 0 Å². The maximum atomic E-state index is 2.60. The van der Waals surface area contributed by atoms with Crippen LogP contribution < -0.4 is 0 Å². The summed E-state index contributed by atoms with van der Waals surface area (Å²) in [4.78, 5) is 0. The molecular formula is C40H46. The van der Waals surface area contributed by atoms with Crippen molar-refractivity contribution < 1.29 is 0 Å². The minimum absolute atomic E-state index is 0.138. The topological polar surface area (TPSA) is 0 Å². The summed E-state index contributed by atoms with van der Waals surface area (Å²) in [5.74, 6) is 0. The molecular weight excluding hydrogens is 480 g/mol. The first-order valence-corrected chi connectivity index (χ1v) is 16.0. The van der Waals surface area contributed by atoms with E-state index in [2.05, 4.69) is 100 Å². The molecule has 2 aliphatic carbocycles. The second-order valence-electron chi connectivity index (χ2n) is 12.7. The summed E-state index contributed by atoms with van der Waals surface area (Å²) in [6, 6.07) is 28.9. The SMILES string of the molecule is CCCCCCC1(CCCCCC)c2cc(C)ccc2-c2ccc(-c3ccc4c(c3)Cc3cc(C)ccc3-4)cc21. The molecule has 0 spiro atoms. The molecule has 6 rings (SSSR count). The standard InChI is InChI=1S/C40H46/c1-5-7-9-11-21-40(22-12-10-8-6-2)38-24-29(4)14-18-36(38)37-20-16-31(27-39(37)40)30-15-19-35-33(25-30)26-32-23-28(3)13-17-34(32)35/h13-20,23-25,27H,5-12,21-22,26H2,1-4H3. The number of unbranched alkanes of at least 4 members (excludes halogenated alkanes) is 6. The molecule has 40 heavy (non-hydrogen) atoms. The Morgan fingerprint density at radius 2 is 1.00 bits per heavy atom. The van der Waals surface area contributed by atoms with Gasteiger partial charge in [-0.2, -0.15) is 0 Å². The maximum absolute atomic E-state index is 2.60. The van der Waals surface area contributed by atoms with Crippen LogP contribution in [-0.4, -0.2) is 0 Å². The lowest BCUT2D eigenvalue weighted by molar-refractivity contribution is 0.401. The summed E-state index contributed by atoms with van der Waals surface area (Å²) >= 11 is 0. The van der Waals surface area contributed by atoms with Gasteiger partial charge in [0.25, 0.3) is 0 Å². The molecule has 0 heteroatoms. The second kappa shape index (κ2) is 11.4. The van der Waals surface area contributed by atoms with E-state index < -0.39 is 0 Å². The normalized spacial score (nSPS) is 14.1. The van der Waals surface area contributed by atoms with Crippen molar-refractivity contribution in [3.8, 4) is 33.4 Å². The number of aryl methyl sites for hydroxylation is 2. The van der Waals surface area contributed by atoms with Crippen molar-refractivity contribution in [2.75, 3.05) is 0 Å². The van der Waals surface area contributed by atoms with Crippen LogP contribution in [0.25, 0.3) is 33.4 Å². The van der Waals surface area contributed by atoms with Crippen molar-refractivity contribution in [1.29, 1.82) is 0 Å². The molecule has 206 valence electrons. The van der Waals surface area contributed by atoms with E-state index in [1.165, 1.54) is 120 Å². The molecule has 0 bridgehead atoms. The molecule has 4 aromatic carbocycles. The monoisotopic (exact) mass is 526 g/mol. The molecule has 2 aliphatic rings. The van der Waals surface area contributed by atoms with E-state index in [4.69, 9.17) is 0 Å². The fourth-order valence-corrected chi connectivity index (χ4v) is 7.68. The van der Waals surface area contributed by atoms with E-state index >= 15 is 0 Å². The van der Waals surface area contributed by atoms with Gasteiger partial charge in [0, 0.05) is 5.41 Å². The first-order valence-electron chi connectivity index (χ1n) is 16.0. The molecule has 0 fully saturated rings. The molecule has 0 nitrogen and oxygen atoms in total. The summed E-state index contributed by atoms with van der Waals surface area (Å²) in [6.07, 6.45) is 14.2. The highest BCUT2D eigenvalue weighted by Crippen LogP contribution is 2.55. The number of benzene rings is 4. The second-order valence-corrected chi connectivity index (χ2v) is 12.7. The molecule has 0 aliphatic heterocycles. The van der Waals surface area contributed by atoms with Crippen molar-refractivity contribution in [2.24, 2.45) is 0 Å². The molecule has 4 aromatic rings. The highest BCUT2D eigenvalue weighted by atomic mass is 14.4.